The molecule has 0 aliphatic carbocycles. The Morgan fingerprint density at radius 3 is 1.11 bits per heavy atom. The van der Waals surface area contributed by atoms with Gasteiger partial charge in [-0.3, -0.25) is 30.0 Å². The number of amides is 4. The number of nitrogens with one attached hydrogen (secondary N) is 10. The zero-order valence-corrected chi connectivity index (χ0v) is 37.1. The lowest BCUT2D eigenvalue weighted by atomic mass is 10.0. The average molecular weight is 965 g/mol. The molecule has 0 bridgehead atoms. The highest BCUT2D eigenvalue weighted by molar-refractivity contribution is 8.00. The number of rotatable bonds is 25. The number of hydrogen-bond donors (Lipinski definition) is 12. The lowest BCUT2D eigenvalue weighted by molar-refractivity contribution is -0.193. The van der Waals surface area contributed by atoms with Gasteiger partial charge < -0.3 is 52.7 Å². The molecule has 6 atom stereocenters. The van der Waals surface area contributed by atoms with Crippen LogP contribution in [0.1, 0.15) is 103 Å². The third-order valence-corrected chi connectivity index (χ3v) is 13.3. The molecule has 4 amide bonds. The van der Waals surface area contributed by atoms with Crippen LogP contribution in [0.2, 0.25) is 0 Å². The second-order valence-electron chi connectivity index (χ2n) is 15.5. The lowest BCUT2D eigenvalue weighted by Gasteiger charge is -2.16. The highest BCUT2D eigenvalue weighted by Crippen LogP contribution is 2.34. The van der Waals surface area contributed by atoms with Gasteiger partial charge in [0.2, 0.25) is 23.6 Å². The van der Waals surface area contributed by atoms with Crippen LogP contribution in [-0.4, -0.2) is 142 Å². The number of carbonyl (C=O) groups excluding carboxylic acids is 4. The van der Waals surface area contributed by atoms with E-state index in [1.807, 2.05) is 23.5 Å². The summed E-state index contributed by atoms with van der Waals surface area (Å²) in [5.41, 5.74) is 0. The maximum Gasteiger partial charge on any atom is 0.490 e. The minimum Gasteiger partial charge on any atom is -0.475 e. The van der Waals surface area contributed by atoms with Gasteiger partial charge in [-0.1, -0.05) is 25.7 Å². The third-order valence-electron chi connectivity index (χ3n) is 10.3. The molecule has 12 N–H and O–H groups in total. The molecule has 4 rings (SSSR count). The monoisotopic (exact) mass is 964 g/mol. The van der Waals surface area contributed by atoms with Crippen LogP contribution in [0.4, 0.5) is 26.3 Å². The molecular weight excluding hydrogens is 903 g/mol. The normalized spacial score (nSPS) is 21.8. The molecule has 366 valence electrons. The van der Waals surface area contributed by atoms with Gasteiger partial charge in [0.15, 0.2) is 11.9 Å². The number of carboxylic acids is 2. The van der Waals surface area contributed by atoms with E-state index in [9.17, 15) is 45.5 Å². The second-order valence-corrected chi connectivity index (χ2v) is 18.0. The van der Waals surface area contributed by atoms with E-state index in [0.717, 1.165) is 88.6 Å². The van der Waals surface area contributed by atoms with Gasteiger partial charge in [0.05, 0.1) is 24.2 Å². The van der Waals surface area contributed by atoms with E-state index in [2.05, 4.69) is 42.5 Å². The zero-order chi connectivity index (χ0) is 47.7. The average Bonchev–Trinajstić information content (AvgIpc) is 3.98. The minimum atomic E-state index is -5.08. The third kappa shape index (κ3) is 23.5. The fraction of sp³-hybridized carbons (Fsp3) is 0.789. The molecule has 0 aromatic carbocycles. The molecule has 0 aromatic rings. The van der Waals surface area contributed by atoms with Gasteiger partial charge >= 0.3 is 24.3 Å². The van der Waals surface area contributed by atoms with Crippen LogP contribution in [0.3, 0.4) is 0 Å². The molecule has 64 heavy (non-hydrogen) atoms. The van der Waals surface area contributed by atoms with Crippen molar-refractivity contribution in [3.63, 3.8) is 0 Å². The molecule has 4 heterocycles. The molecule has 4 aliphatic rings. The Hall–Kier alpha value is -4.36. The largest absolute Gasteiger partial charge is 0.490 e. The summed E-state index contributed by atoms with van der Waals surface area (Å²) >= 11 is 3.91. The van der Waals surface area contributed by atoms with Gasteiger partial charge in [-0.2, -0.15) is 49.9 Å². The van der Waals surface area contributed by atoms with Crippen molar-refractivity contribution in [1.82, 2.24) is 42.5 Å². The van der Waals surface area contributed by atoms with Gasteiger partial charge in [-0.15, -0.1) is 0 Å². The van der Waals surface area contributed by atoms with E-state index < -0.39 is 24.3 Å². The van der Waals surface area contributed by atoms with E-state index in [4.69, 9.17) is 30.6 Å². The summed E-state index contributed by atoms with van der Waals surface area (Å²) < 4.78 is 63.5. The van der Waals surface area contributed by atoms with Crippen LogP contribution in [-0.2, 0) is 28.8 Å². The van der Waals surface area contributed by atoms with Crippen LogP contribution >= 0.6 is 23.5 Å². The Kier molecular flexibility index (Phi) is 25.5. The topological polar surface area (TPSA) is 287 Å². The first kappa shape index (κ1) is 55.8. The summed E-state index contributed by atoms with van der Waals surface area (Å²) in [6, 6.07) is 1.41. The van der Waals surface area contributed by atoms with Crippen molar-refractivity contribution in [2.45, 2.75) is 150 Å². The molecule has 4 fully saturated rings. The van der Waals surface area contributed by atoms with Crippen LogP contribution in [0.25, 0.3) is 0 Å². The molecule has 4 saturated heterocycles. The smallest absolute Gasteiger partial charge is 0.475 e. The summed E-state index contributed by atoms with van der Waals surface area (Å²) in [6.45, 7) is 2.08. The second kappa shape index (κ2) is 29.2. The van der Waals surface area contributed by atoms with E-state index >= 15 is 0 Å². The predicted molar refractivity (Wildman–Crippen MR) is 229 cm³/mol. The van der Waals surface area contributed by atoms with Crippen LogP contribution in [0.5, 0.6) is 0 Å². The summed E-state index contributed by atoms with van der Waals surface area (Å²) in [5.74, 6) is -2.45. The van der Waals surface area contributed by atoms with Crippen molar-refractivity contribution >= 4 is 71.0 Å². The van der Waals surface area contributed by atoms with E-state index in [0.29, 0.717) is 98.4 Å². The predicted octanol–water partition coefficient (Wildman–Crippen LogP) is 2.92. The number of hydrogen-bond acceptors (Lipinski definition) is 10. The fourth-order valence-corrected chi connectivity index (χ4v) is 10.1. The Bertz CT molecular complexity index is 1440. The van der Waals surface area contributed by atoms with Crippen molar-refractivity contribution in [1.29, 1.82) is 10.8 Å². The minimum absolute atomic E-state index is 0.0236. The standard InChI is InChI=1S/C34H60N10O4S2.2C2HF3O2/c35-33-41-23-21-49-25(31(23)43-33)11-5-7-15-27(45)37-17-9-1-3-13-29(47)39-19-20-40-30(48)14-4-2-10-18-38-28(46)16-8-6-12-26-32-24(22-50-26)42-34(36)44-32;2*3-2(4,5)1(6)7/h23-26,31-32H,1-22H2,(H,37,45)(H,38,46)(H,39,47)(H,40,48)(H3,35,41,43)(H3,36,42,44);2*(H,6,7). The molecule has 0 spiro atoms. The first-order valence-corrected chi connectivity index (χ1v) is 23.4. The van der Waals surface area contributed by atoms with Crippen molar-refractivity contribution in [2.24, 2.45) is 0 Å². The number of unbranched alkanes of at least 4 members (excludes halogenated alkanes) is 6. The Labute approximate surface area is 376 Å². The maximum absolute atomic E-state index is 12.1. The Morgan fingerprint density at radius 1 is 0.500 bits per heavy atom. The lowest BCUT2D eigenvalue weighted by Crippen LogP contribution is -2.36. The van der Waals surface area contributed by atoms with E-state index in [1.54, 1.807) is 0 Å². The van der Waals surface area contributed by atoms with Crippen molar-refractivity contribution in [2.75, 3.05) is 37.7 Å². The molecular formula is C38H62F6N10O8S2. The van der Waals surface area contributed by atoms with Crippen LogP contribution in [0, 0.1) is 10.8 Å². The number of carboxylic acid groups (broad SMARTS) is 2. The first-order chi connectivity index (χ1) is 30.2. The Balaban J connectivity index is 0.000000866. The number of thioether (sulfide) groups is 2. The summed E-state index contributed by atoms with van der Waals surface area (Å²) in [6.07, 6.45) is 2.65. The number of alkyl halides is 6. The summed E-state index contributed by atoms with van der Waals surface area (Å²) in [5, 5.41) is 55.2. The number of guanidine groups is 2. The maximum atomic E-state index is 12.1. The van der Waals surface area contributed by atoms with E-state index in [-0.39, 0.29) is 23.6 Å². The molecule has 0 aromatic heterocycles. The number of carbonyl (C=O) groups is 6. The fourth-order valence-electron chi connectivity index (χ4n) is 7.00. The highest BCUT2D eigenvalue weighted by atomic mass is 32.2. The van der Waals surface area contributed by atoms with Crippen molar-refractivity contribution in [3.05, 3.63) is 0 Å². The summed E-state index contributed by atoms with van der Waals surface area (Å²) in [7, 11) is 0. The highest BCUT2D eigenvalue weighted by Gasteiger charge is 2.42. The van der Waals surface area contributed by atoms with Gasteiger partial charge in [0.25, 0.3) is 0 Å². The van der Waals surface area contributed by atoms with Gasteiger partial charge in [-0.05, 0) is 51.4 Å². The van der Waals surface area contributed by atoms with E-state index in [1.165, 1.54) is 0 Å². The van der Waals surface area contributed by atoms with Crippen molar-refractivity contribution < 1.29 is 65.3 Å². The van der Waals surface area contributed by atoms with Crippen molar-refractivity contribution in [3.8, 4) is 0 Å². The van der Waals surface area contributed by atoms with Crippen LogP contribution in [0.15, 0.2) is 0 Å². The van der Waals surface area contributed by atoms with Gasteiger partial charge in [0.1, 0.15) is 0 Å². The SMILES string of the molecule is N=C1NC2CSC(CCCCC(=O)NCCCCCC(=O)NCCNC(=O)CCCCCNC(=O)CCCCC3SCC4NC(=N)NC43)C2N1.O=C(O)C(F)(F)F.O=C(O)C(F)(F)F. The first-order valence-electron chi connectivity index (χ1n) is 21.3. The van der Waals surface area contributed by atoms with Gasteiger partial charge in [-0.25, -0.2) is 9.59 Å². The number of aliphatic carboxylic acids is 2. The number of halogens is 6. The molecule has 0 saturated carbocycles. The quantitative estimate of drug-likeness (QED) is 0.0463. The molecule has 4 aliphatic heterocycles. The summed E-state index contributed by atoms with van der Waals surface area (Å²) in [4.78, 5) is 66.2. The molecule has 26 heteroatoms. The van der Waals surface area contributed by atoms with Crippen LogP contribution < -0.4 is 42.5 Å². The molecule has 18 nitrogen and oxygen atoms in total. The zero-order valence-electron chi connectivity index (χ0n) is 35.4. The molecule has 0 radical (unpaired) electrons. The number of fused-ring (bicyclic) bond motifs is 2. The van der Waals surface area contributed by atoms with Gasteiger partial charge in [0, 0.05) is 73.9 Å². The molecule has 6 unspecified atom stereocenters. The Morgan fingerprint density at radius 2 is 0.797 bits per heavy atom.